The number of benzene rings is 1. The van der Waals surface area contributed by atoms with E-state index in [1.54, 1.807) is 6.92 Å². The summed E-state index contributed by atoms with van der Waals surface area (Å²) in [5.41, 5.74) is 0.1000. The highest BCUT2D eigenvalue weighted by Gasteiger charge is 2.40. The highest BCUT2D eigenvalue weighted by Crippen LogP contribution is 2.38. The SMILES string of the molecule is COc1cc(C(=O)NCC(=O)OCC(=O)N(CC(F)(F)F)C(C)C2CC2)cc(OC)c1OC. The van der Waals surface area contributed by atoms with Gasteiger partial charge in [0.25, 0.3) is 11.8 Å². The van der Waals surface area contributed by atoms with Gasteiger partial charge in [-0.25, -0.2) is 0 Å². The van der Waals surface area contributed by atoms with Crippen molar-refractivity contribution in [1.29, 1.82) is 0 Å². The number of nitrogens with zero attached hydrogens (tertiary/aromatic N) is 1. The molecular formula is C21H27F3N2O7. The van der Waals surface area contributed by atoms with Gasteiger partial charge >= 0.3 is 12.1 Å². The lowest BCUT2D eigenvalue weighted by atomic mass is 10.1. The van der Waals surface area contributed by atoms with Crippen molar-refractivity contribution in [3.63, 3.8) is 0 Å². The first-order valence-corrected chi connectivity index (χ1v) is 10.1. The Morgan fingerprint density at radius 3 is 2.12 bits per heavy atom. The van der Waals surface area contributed by atoms with E-state index in [2.05, 4.69) is 5.32 Å². The Morgan fingerprint density at radius 2 is 1.67 bits per heavy atom. The third-order valence-electron chi connectivity index (χ3n) is 5.14. The molecule has 1 atom stereocenters. The van der Waals surface area contributed by atoms with E-state index in [0.717, 1.165) is 12.8 Å². The van der Waals surface area contributed by atoms with Gasteiger partial charge in [0.1, 0.15) is 13.1 Å². The number of carbonyl (C=O) groups is 3. The predicted molar refractivity (Wildman–Crippen MR) is 109 cm³/mol. The van der Waals surface area contributed by atoms with Crippen molar-refractivity contribution < 1.29 is 46.5 Å². The quantitative estimate of drug-likeness (QED) is 0.489. The van der Waals surface area contributed by atoms with Gasteiger partial charge in [0, 0.05) is 11.6 Å². The largest absolute Gasteiger partial charge is 0.493 e. The van der Waals surface area contributed by atoms with Crippen LogP contribution in [0.15, 0.2) is 12.1 Å². The van der Waals surface area contributed by atoms with Crippen molar-refractivity contribution in [2.75, 3.05) is 41.0 Å². The Balaban J connectivity index is 1.92. The third kappa shape index (κ3) is 7.43. The summed E-state index contributed by atoms with van der Waals surface area (Å²) in [4.78, 5) is 37.3. The van der Waals surface area contributed by atoms with E-state index in [-0.39, 0.29) is 28.7 Å². The molecule has 1 aliphatic rings. The lowest BCUT2D eigenvalue weighted by Gasteiger charge is -2.30. The highest BCUT2D eigenvalue weighted by molar-refractivity contribution is 5.97. The van der Waals surface area contributed by atoms with Crippen LogP contribution in [0.4, 0.5) is 13.2 Å². The van der Waals surface area contributed by atoms with Crippen LogP contribution in [-0.2, 0) is 14.3 Å². The van der Waals surface area contributed by atoms with Crippen LogP contribution in [0.2, 0.25) is 0 Å². The predicted octanol–water partition coefficient (Wildman–Crippen LogP) is 2.17. The molecule has 1 aromatic carbocycles. The van der Waals surface area contributed by atoms with Gasteiger partial charge in [0.2, 0.25) is 5.75 Å². The fraction of sp³-hybridized carbons (Fsp3) is 0.571. The number of esters is 1. The normalized spacial score (nSPS) is 14.2. The number of rotatable bonds is 11. The maximum absolute atomic E-state index is 12.9. The molecule has 184 valence electrons. The zero-order valence-electron chi connectivity index (χ0n) is 18.8. The van der Waals surface area contributed by atoms with Crippen molar-refractivity contribution in [1.82, 2.24) is 10.2 Å². The Bertz CT molecular complexity index is 847. The fourth-order valence-electron chi connectivity index (χ4n) is 3.23. The van der Waals surface area contributed by atoms with Crippen LogP contribution < -0.4 is 19.5 Å². The van der Waals surface area contributed by atoms with Gasteiger partial charge in [-0.2, -0.15) is 13.2 Å². The molecule has 1 N–H and O–H groups in total. The molecule has 12 heteroatoms. The summed E-state index contributed by atoms with van der Waals surface area (Å²) < 4.78 is 58.8. The summed E-state index contributed by atoms with van der Waals surface area (Å²) >= 11 is 0. The molecular weight excluding hydrogens is 449 g/mol. The standard InChI is InChI=1S/C21H27F3N2O7/c1-12(13-5-6-13)26(11-21(22,23)24)17(27)10-33-18(28)9-25-20(29)14-7-15(30-2)19(32-4)16(8-14)31-3/h7-8,12-13H,5-6,9-11H2,1-4H3,(H,25,29). The van der Waals surface area contributed by atoms with E-state index >= 15 is 0 Å². The molecule has 0 aliphatic heterocycles. The molecule has 2 rings (SSSR count). The molecule has 1 aromatic rings. The molecule has 1 saturated carbocycles. The zero-order chi connectivity index (χ0) is 24.8. The highest BCUT2D eigenvalue weighted by atomic mass is 19.4. The van der Waals surface area contributed by atoms with Gasteiger partial charge in [-0.05, 0) is 37.8 Å². The van der Waals surface area contributed by atoms with Crippen LogP contribution in [0.1, 0.15) is 30.1 Å². The zero-order valence-corrected chi connectivity index (χ0v) is 18.8. The molecule has 2 amide bonds. The minimum Gasteiger partial charge on any atom is -0.493 e. The summed E-state index contributed by atoms with van der Waals surface area (Å²) in [5.74, 6) is -1.86. The lowest BCUT2D eigenvalue weighted by Crippen LogP contribution is -2.47. The molecule has 0 saturated heterocycles. The van der Waals surface area contributed by atoms with Crippen molar-refractivity contribution in [3.05, 3.63) is 17.7 Å². The fourth-order valence-corrected chi connectivity index (χ4v) is 3.23. The van der Waals surface area contributed by atoms with E-state index in [1.165, 1.54) is 33.5 Å². The average Bonchev–Trinajstić information content (AvgIpc) is 3.62. The Kier molecular flexibility index (Phi) is 8.77. The first-order chi connectivity index (χ1) is 15.5. The average molecular weight is 476 g/mol. The molecule has 0 aromatic heterocycles. The summed E-state index contributed by atoms with van der Waals surface area (Å²) in [6.45, 7) is -1.33. The van der Waals surface area contributed by atoms with Crippen molar-refractivity contribution >= 4 is 17.8 Å². The maximum Gasteiger partial charge on any atom is 0.406 e. The number of methoxy groups -OCH3 is 3. The molecule has 0 radical (unpaired) electrons. The van der Waals surface area contributed by atoms with Gasteiger partial charge in [-0.3, -0.25) is 14.4 Å². The molecule has 1 unspecified atom stereocenters. The van der Waals surface area contributed by atoms with Crippen LogP contribution >= 0.6 is 0 Å². The van der Waals surface area contributed by atoms with Gasteiger partial charge in [-0.15, -0.1) is 0 Å². The van der Waals surface area contributed by atoms with E-state index in [0.29, 0.717) is 4.90 Å². The number of halogens is 3. The van der Waals surface area contributed by atoms with Crippen molar-refractivity contribution in [3.8, 4) is 17.2 Å². The molecule has 0 heterocycles. The van der Waals surface area contributed by atoms with E-state index in [1.807, 2.05) is 0 Å². The van der Waals surface area contributed by atoms with Gasteiger partial charge < -0.3 is 29.2 Å². The number of amides is 2. The number of hydrogen-bond donors (Lipinski definition) is 1. The first kappa shape index (κ1) is 26.1. The summed E-state index contributed by atoms with van der Waals surface area (Å²) in [6.07, 6.45) is -3.08. The Labute approximate surface area is 189 Å². The molecule has 1 fully saturated rings. The van der Waals surface area contributed by atoms with Crippen LogP contribution in [0.25, 0.3) is 0 Å². The second-order valence-corrected chi connectivity index (χ2v) is 7.47. The maximum atomic E-state index is 12.9. The van der Waals surface area contributed by atoms with Crippen molar-refractivity contribution in [2.24, 2.45) is 5.92 Å². The third-order valence-corrected chi connectivity index (χ3v) is 5.14. The second-order valence-electron chi connectivity index (χ2n) is 7.47. The number of hydrogen-bond acceptors (Lipinski definition) is 7. The first-order valence-electron chi connectivity index (χ1n) is 10.1. The van der Waals surface area contributed by atoms with Crippen LogP contribution in [0.5, 0.6) is 17.2 Å². The van der Waals surface area contributed by atoms with Crippen molar-refractivity contribution in [2.45, 2.75) is 32.0 Å². The van der Waals surface area contributed by atoms with Gasteiger partial charge in [0.05, 0.1) is 21.3 Å². The minimum absolute atomic E-state index is 0.00442. The molecule has 1 aliphatic carbocycles. The summed E-state index contributed by atoms with van der Waals surface area (Å²) in [7, 11) is 4.15. The van der Waals surface area contributed by atoms with Crippen LogP contribution in [-0.4, -0.2) is 75.9 Å². The number of ether oxygens (including phenoxy) is 4. The smallest absolute Gasteiger partial charge is 0.406 e. The Hall–Kier alpha value is -3.18. The lowest BCUT2D eigenvalue weighted by molar-refractivity contribution is -0.170. The van der Waals surface area contributed by atoms with Gasteiger partial charge in [0.15, 0.2) is 18.1 Å². The molecule has 33 heavy (non-hydrogen) atoms. The van der Waals surface area contributed by atoms with Gasteiger partial charge in [-0.1, -0.05) is 0 Å². The topological polar surface area (TPSA) is 103 Å². The molecule has 9 nitrogen and oxygen atoms in total. The number of carbonyl (C=O) groups excluding carboxylic acids is 3. The minimum atomic E-state index is -4.57. The summed E-state index contributed by atoms with van der Waals surface area (Å²) in [6, 6.07) is 2.14. The van der Waals surface area contributed by atoms with E-state index in [9.17, 15) is 27.6 Å². The second kappa shape index (κ2) is 11.1. The van der Waals surface area contributed by atoms with Crippen LogP contribution in [0, 0.1) is 5.92 Å². The van der Waals surface area contributed by atoms with Crippen LogP contribution in [0.3, 0.4) is 0 Å². The molecule has 0 spiro atoms. The number of nitrogens with one attached hydrogen (secondary N) is 1. The Morgan fingerprint density at radius 1 is 1.09 bits per heavy atom. The summed E-state index contributed by atoms with van der Waals surface area (Å²) in [5, 5.41) is 2.31. The number of alkyl halides is 3. The molecule has 0 bridgehead atoms. The monoisotopic (exact) mass is 476 g/mol. The van der Waals surface area contributed by atoms with E-state index in [4.69, 9.17) is 18.9 Å². The van der Waals surface area contributed by atoms with E-state index < -0.39 is 49.7 Å².